The number of rotatable bonds is 6. The highest BCUT2D eigenvalue weighted by Gasteiger charge is 2.06. The number of ether oxygens (including phenoxy) is 2. The van der Waals surface area contributed by atoms with Crippen molar-refractivity contribution in [2.75, 3.05) is 26.9 Å². The maximum atomic E-state index is 8.29. The second kappa shape index (κ2) is 6.87. The predicted octanol–water partition coefficient (Wildman–Crippen LogP) is 0.0319. The van der Waals surface area contributed by atoms with Crippen LogP contribution in [0.1, 0.15) is 6.92 Å². The summed E-state index contributed by atoms with van der Waals surface area (Å²) in [7, 11) is 1.61. The molecule has 0 aliphatic rings. The smallest absolute Gasteiger partial charge is 0.144 e. The van der Waals surface area contributed by atoms with E-state index in [4.69, 9.17) is 20.4 Å². The van der Waals surface area contributed by atoms with Crippen LogP contribution in [0.15, 0.2) is 5.16 Å². The summed E-state index contributed by atoms with van der Waals surface area (Å²) in [5.41, 5.74) is 5.32. The SMILES string of the molecule is COCCOCC(C)/C(N)=N/O. The van der Waals surface area contributed by atoms with Gasteiger partial charge >= 0.3 is 0 Å². The highest BCUT2D eigenvalue weighted by atomic mass is 16.5. The lowest BCUT2D eigenvalue weighted by molar-refractivity contribution is 0.0629. The van der Waals surface area contributed by atoms with E-state index in [9.17, 15) is 0 Å². The van der Waals surface area contributed by atoms with Gasteiger partial charge in [-0.2, -0.15) is 0 Å². The second-order valence-corrected chi connectivity index (χ2v) is 2.49. The van der Waals surface area contributed by atoms with Crippen LogP contribution in [0.4, 0.5) is 0 Å². The molecule has 5 nitrogen and oxygen atoms in total. The molecule has 1 atom stereocenters. The van der Waals surface area contributed by atoms with Crippen molar-refractivity contribution in [2.24, 2.45) is 16.8 Å². The van der Waals surface area contributed by atoms with Crippen LogP contribution in [-0.4, -0.2) is 38.0 Å². The summed E-state index contributed by atoms with van der Waals surface area (Å²) >= 11 is 0. The zero-order chi connectivity index (χ0) is 9.40. The van der Waals surface area contributed by atoms with Crippen LogP contribution in [0.25, 0.3) is 0 Å². The van der Waals surface area contributed by atoms with Gasteiger partial charge in [-0.1, -0.05) is 12.1 Å². The van der Waals surface area contributed by atoms with Crippen molar-refractivity contribution < 1.29 is 14.7 Å². The van der Waals surface area contributed by atoms with Gasteiger partial charge in [0.25, 0.3) is 0 Å². The first-order valence-corrected chi connectivity index (χ1v) is 3.76. The lowest BCUT2D eigenvalue weighted by Crippen LogP contribution is -2.25. The molecule has 5 heteroatoms. The Hall–Kier alpha value is -0.810. The highest BCUT2D eigenvalue weighted by Crippen LogP contribution is 1.95. The van der Waals surface area contributed by atoms with Crippen molar-refractivity contribution >= 4 is 5.84 Å². The van der Waals surface area contributed by atoms with Crippen LogP contribution in [0.5, 0.6) is 0 Å². The third-order valence-corrected chi connectivity index (χ3v) is 1.42. The Kier molecular flexibility index (Phi) is 6.41. The Morgan fingerprint density at radius 1 is 1.58 bits per heavy atom. The van der Waals surface area contributed by atoms with Crippen LogP contribution in [0.3, 0.4) is 0 Å². The van der Waals surface area contributed by atoms with Gasteiger partial charge in [-0.3, -0.25) is 0 Å². The number of hydrogen-bond donors (Lipinski definition) is 2. The lowest BCUT2D eigenvalue weighted by atomic mass is 10.2. The van der Waals surface area contributed by atoms with E-state index < -0.39 is 0 Å². The average Bonchev–Trinajstić information content (AvgIpc) is 2.10. The van der Waals surface area contributed by atoms with Crippen LogP contribution in [0.2, 0.25) is 0 Å². The van der Waals surface area contributed by atoms with Crippen LogP contribution in [-0.2, 0) is 9.47 Å². The summed E-state index contributed by atoms with van der Waals surface area (Å²) in [5.74, 6) is 0.124. The van der Waals surface area contributed by atoms with Crippen LogP contribution < -0.4 is 5.73 Å². The van der Waals surface area contributed by atoms with Gasteiger partial charge in [0, 0.05) is 13.0 Å². The molecular weight excluding hydrogens is 160 g/mol. The summed E-state index contributed by atoms with van der Waals surface area (Å²) in [4.78, 5) is 0. The Morgan fingerprint density at radius 3 is 2.75 bits per heavy atom. The fourth-order valence-electron chi connectivity index (χ4n) is 0.586. The van der Waals surface area contributed by atoms with Gasteiger partial charge in [0.1, 0.15) is 5.84 Å². The minimum atomic E-state index is -0.0631. The molecule has 0 aromatic heterocycles. The van der Waals surface area contributed by atoms with Crippen LogP contribution >= 0.6 is 0 Å². The van der Waals surface area contributed by atoms with Crippen molar-refractivity contribution in [3.63, 3.8) is 0 Å². The summed E-state index contributed by atoms with van der Waals surface area (Å²) in [6.45, 7) is 3.35. The van der Waals surface area contributed by atoms with Gasteiger partial charge in [-0.05, 0) is 0 Å². The summed E-state index contributed by atoms with van der Waals surface area (Å²) < 4.78 is 9.94. The van der Waals surface area contributed by atoms with E-state index in [0.717, 1.165) is 0 Å². The standard InChI is InChI=1S/C7H16N2O3/c1-6(7(8)9-10)5-12-4-3-11-2/h6,10H,3-5H2,1-2H3,(H2,8,9). The maximum Gasteiger partial charge on any atom is 0.144 e. The molecule has 3 N–H and O–H groups in total. The molecular formula is C7H16N2O3. The van der Waals surface area contributed by atoms with E-state index in [1.54, 1.807) is 7.11 Å². The summed E-state index contributed by atoms with van der Waals surface area (Å²) in [6.07, 6.45) is 0. The molecule has 0 radical (unpaired) electrons. The highest BCUT2D eigenvalue weighted by molar-refractivity contribution is 5.81. The average molecular weight is 176 g/mol. The third-order valence-electron chi connectivity index (χ3n) is 1.42. The first kappa shape index (κ1) is 11.2. The van der Waals surface area contributed by atoms with Gasteiger partial charge in [0.15, 0.2) is 0 Å². The Balaban J connectivity index is 3.37. The second-order valence-electron chi connectivity index (χ2n) is 2.49. The minimum Gasteiger partial charge on any atom is -0.409 e. The number of methoxy groups -OCH3 is 1. The van der Waals surface area contributed by atoms with Crippen molar-refractivity contribution in [3.8, 4) is 0 Å². The molecule has 0 aromatic rings. The van der Waals surface area contributed by atoms with Gasteiger partial charge in [0.05, 0.1) is 19.8 Å². The maximum absolute atomic E-state index is 8.29. The topological polar surface area (TPSA) is 77.1 Å². The van der Waals surface area contributed by atoms with Gasteiger partial charge < -0.3 is 20.4 Å². The monoisotopic (exact) mass is 176 g/mol. The lowest BCUT2D eigenvalue weighted by Gasteiger charge is -2.09. The molecule has 0 bridgehead atoms. The first-order chi connectivity index (χ1) is 5.72. The molecule has 0 saturated carbocycles. The van der Waals surface area contributed by atoms with Gasteiger partial charge in [0.2, 0.25) is 0 Å². The fraction of sp³-hybridized carbons (Fsp3) is 0.857. The van der Waals surface area contributed by atoms with E-state index >= 15 is 0 Å². The molecule has 0 spiro atoms. The van der Waals surface area contributed by atoms with Crippen LogP contribution in [0, 0.1) is 5.92 Å². The predicted molar refractivity (Wildman–Crippen MR) is 45.3 cm³/mol. The van der Waals surface area contributed by atoms with E-state index in [1.165, 1.54) is 0 Å². The Morgan fingerprint density at radius 2 is 2.25 bits per heavy atom. The molecule has 0 amide bonds. The number of nitrogens with zero attached hydrogens (tertiary/aromatic N) is 1. The molecule has 0 aromatic carbocycles. The molecule has 12 heavy (non-hydrogen) atoms. The van der Waals surface area contributed by atoms with Crippen molar-refractivity contribution in [1.82, 2.24) is 0 Å². The van der Waals surface area contributed by atoms with E-state index in [2.05, 4.69) is 5.16 Å². The van der Waals surface area contributed by atoms with Crippen molar-refractivity contribution in [2.45, 2.75) is 6.92 Å². The molecule has 0 fully saturated rings. The Labute approximate surface area is 72.1 Å². The third kappa shape index (κ3) is 4.92. The van der Waals surface area contributed by atoms with E-state index in [1.807, 2.05) is 6.92 Å². The number of hydrogen-bond acceptors (Lipinski definition) is 4. The minimum absolute atomic E-state index is 0.0631. The first-order valence-electron chi connectivity index (χ1n) is 3.76. The fourth-order valence-corrected chi connectivity index (χ4v) is 0.586. The molecule has 0 rings (SSSR count). The number of nitrogens with two attached hydrogens (primary N) is 1. The molecule has 1 unspecified atom stereocenters. The van der Waals surface area contributed by atoms with Crippen molar-refractivity contribution in [3.05, 3.63) is 0 Å². The van der Waals surface area contributed by atoms with Gasteiger partial charge in [-0.15, -0.1) is 0 Å². The summed E-state index contributed by atoms with van der Waals surface area (Å²) in [5, 5.41) is 11.2. The largest absolute Gasteiger partial charge is 0.409 e. The summed E-state index contributed by atoms with van der Waals surface area (Å²) in [6, 6.07) is 0. The molecule has 0 saturated heterocycles. The molecule has 72 valence electrons. The molecule has 0 heterocycles. The number of oxime groups is 1. The van der Waals surface area contributed by atoms with E-state index in [0.29, 0.717) is 19.8 Å². The zero-order valence-corrected chi connectivity index (χ0v) is 7.49. The number of amidine groups is 1. The van der Waals surface area contributed by atoms with Crippen molar-refractivity contribution in [1.29, 1.82) is 0 Å². The molecule has 0 aliphatic carbocycles. The Bertz CT molecular complexity index is 139. The quantitative estimate of drug-likeness (QED) is 0.197. The molecule has 0 aliphatic heterocycles. The zero-order valence-electron chi connectivity index (χ0n) is 7.49. The normalized spacial score (nSPS) is 14.7. The van der Waals surface area contributed by atoms with Gasteiger partial charge in [-0.25, -0.2) is 0 Å². The van der Waals surface area contributed by atoms with E-state index in [-0.39, 0.29) is 11.8 Å².